The summed E-state index contributed by atoms with van der Waals surface area (Å²) in [6.07, 6.45) is -0.0957. The van der Waals surface area contributed by atoms with Crippen LogP contribution < -0.4 is 5.32 Å². The van der Waals surface area contributed by atoms with Crippen LogP contribution in [0, 0.1) is 6.92 Å². The summed E-state index contributed by atoms with van der Waals surface area (Å²) in [4.78, 5) is 23.8. The van der Waals surface area contributed by atoms with Crippen LogP contribution in [0.3, 0.4) is 0 Å². The SMILES string of the molecule is Cc1cc(CC(=O)NC(C)(C(=O)O)c2ccc(Cl)c(Cl)c2)no1. The van der Waals surface area contributed by atoms with Crippen molar-refractivity contribution in [2.75, 3.05) is 0 Å². The Morgan fingerprint density at radius 3 is 2.52 bits per heavy atom. The van der Waals surface area contributed by atoms with Gasteiger partial charge in [-0.15, -0.1) is 0 Å². The summed E-state index contributed by atoms with van der Waals surface area (Å²) in [6, 6.07) is 6.01. The molecule has 0 saturated heterocycles. The molecule has 1 atom stereocenters. The second-order valence-electron chi connectivity index (χ2n) is 5.21. The van der Waals surface area contributed by atoms with Crippen LogP contribution in [0.25, 0.3) is 0 Å². The van der Waals surface area contributed by atoms with Gasteiger partial charge in [0.2, 0.25) is 5.91 Å². The molecule has 0 saturated carbocycles. The first-order valence-electron chi connectivity index (χ1n) is 6.64. The number of amides is 1. The average Bonchev–Trinajstić information content (AvgIpc) is 2.86. The highest BCUT2D eigenvalue weighted by Crippen LogP contribution is 2.29. The molecule has 0 aliphatic heterocycles. The fourth-order valence-electron chi connectivity index (χ4n) is 2.05. The van der Waals surface area contributed by atoms with Crippen LogP contribution >= 0.6 is 23.2 Å². The molecule has 1 unspecified atom stereocenters. The number of aryl methyl sites for hydroxylation is 1. The van der Waals surface area contributed by atoms with Crippen molar-refractivity contribution in [2.24, 2.45) is 0 Å². The maximum Gasteiger partial charge on any atom is 0.333 e. The van der Waals surface area contributed by atoms with Gasteiger partial charge in [-0.1, -0.05) is 34.4 Å². The van der Waals surface area contributed by atoms with Gasteiger partial charge < -0.3 is 14.9 Å². The van der Waals surface area contributed by atoms with Crippen molar-refractivity contribution >= 4 is 35.1 Å². The van der Waals surface area contributed by atoms with Gasteiger partial charge in [0, 0.05) is 6.07 Å². The van der Waals surface area contributed by atoms with Crippen LogP contribution in [0.15, 0.2) is 28.8 Å². The van der Waals surface area contributed by atoms with Crippen LogP contribution in [0.2, 0.25) is 10.0 Å². The van der Waals surface area contributed by atoms with E-state index in [-0.39, 0.29) is 11.4 Å². The monoisotopic (exact) mass is 356 g/mol. The Kier molecular flexibility index (Phi) is 4.97. The van der Waals surface area contributed by atoms with E-state index < -0.39 is 17.4 Å². The fraction of sp³-hybridized carbons (Fsp3) is 0.267. The molecule has 23 heavy (non-hydrogen) atoms. The number of hydrogen-bond donors (Lipinski definition) is 2. The predicted molar refractivity (Wildman–Crippen MR) is 84.5 cm³/mol. The molecule has 2 aromatic rings. The Labute approximate surface area is 142 Å². The lowest BCUT2D eigenvalue weighted by Gasteiger charge is -2.27. The van der Waals surface area contributed by atoms with Gasteiger partial charge in [-0.25, -0.2) is 4.79 Å². The van der Waals surface area contributed by atoms with E-state index in [1.165, 1.54) is 25.1 Å². The number of benzene rings is 1. The summed E-state index contributed by atoms with van der Waals surface area (Å²) in [6.45, 7) is 3.08. The number of nitrogens with zero attached hydrogens (tertiary/aromatic N) is 1. The molecule has 0 fully saturated rings. The van der Waals surface area contributed by atoms with E-state index in [1.807, 2.05) is 0 Å². The molecule has 0 bridgehead atoms. The van der Waals surface area contributed by atoms with E-state index in [0.29, 0.717) is 22.0 Å². The van der Waals surface area contributed by atoms with E-state index in [9.17, 15) is 14.7 Å². The number of carbonyl (C=O) groups excluding carboxylic acids is 1. The number of carbonyl (C=O) groups is 2. The molecule has 1 amide bonds. The smallest absolute Gasteiger partial charge is 0.333 e. The summed E-state index contributed by atoms with van der Waals surface area (Å²) in [7, 11) is 0. The van der Waals surface area contributed by atoms with Gasteiger partial charge in [0.1, 0.15) is 5.76 Å². The molecule has 0 aliphatic rings. The van der Waals surface area contributed by atoms with E-state index in [0.717, 1.165) is 0 Å². The third kappa shape index (κ3) is 3.83. The van der Waals surface area contributed by atoms with Gasteiger partial charge in [0.15, 0.2) is 5.54 Å². The maximum atomic E-state index is 12.2. The van der Waals surface area contributed by atoms with Crippen LogP contribution in [-0.4, -0.2) is 22.1 Å². The van der Waals surface area contributed by atoms with Crippen molar-refractivity contribution in [3.8, 4) is 0 Å². The number of carboxylic acids is 1. The minimum absolute atomic E-state index is 0.0957. The minimum Gasteiger partial charge on any atom is -0.479 e. The zero-order chi connectivity index (χ0) is 17.2. The van der Waals surface area contributed by atoms with Crippen molar-refractivity contribution in [3.63, 3.8) is 0 Å². The number of aromatic nitrogens is 1. The van der Waals surface area contributed by atoms with Gasteiger partial charge in [0.25, 0.3) is 0 Å². The molecule has 1 aromatic carbocycles. The third-order valence-electron chi connectivity index (χ3n) is 3.33. The van der Waals surface area contributed by atoms with Gasteiger partial charge in [0.05, 0.1) is 22.2 Å². The highest BCUT2D eigenvalue weighted by molar-refractivity contribution is 6.42. The van der Waals surface area contributed by atoms with Gasteiger partial charge in [-0.2, -0.15) is 0 Å². The largest absolute Gasteiger partial charge is 0.479 e. The van der Waals surface area contributed by atoms with Gasteiger partial charge in [-0.3, -0.25) is 4.79 Å². The van der Waals surface area contributed by atoms with E-state index in [2.05, 4.69) is 10.5 Å². The topological polar surface area (TPSA) is 92.4 Å². The molecule has 0 spiro atoms. The minimum atomic E-state index is -1.65. The lowest BCUT2D eigenvalue weighted by Crippen LogP contribution is -2.50. The lowest BCUT2D eigenvalue weighted by molar-refractivity contribution is -0.147. The number of carboxylic acid groups (broad SMARTS) is 1. The molecule has 2 N–H and O–H groups in total. The van der Waals surface area contributed by atoms with Crippen LogP contribution in [0.4, 0.5) is 0 Å². The lowest BCUT2D eigenvalue weighted by atomic mass is 9.91. The Morgan fingerprint density at radius 2 is 2.00 bits per heavy atom. The van der Waals surface area contributed by atoms with Crippen LogP contribution in [0.1, 0.15) is 23.9 Å². The average molecular weight is 357 g/mol. The maximum absolute atomic E-state index is 12.2. The van der Waals surface area contributed by atoms with Crippen molar-refractivity contribution in [3.05, 3.63) is 51.3 Å². The summed E-state index contributed by atoms with van der Waals surface area (Å²) < 4.78 is 4.88. The normalized spacial score (nSPS) is 13.4. The summed E-state index contributed by atoms with van der Waals surface area (Å²) in [5.41, 5.74) is -0.921. The number of aliphatic carboxylic acids is 1. The molecule has 0 aliphatic carbocycles. The fourth-order valence-corrected chi connectivity index (χ4v) is 2.34. The predicted octanol–water partition coefficient (Wildman–Crippen LogP) is 2.95. The first kappa shape index (κ1) is 17.3. The van der Waals surface area contributed by atoms with Crippen LogP contribution in [0.5, 0.6) is 0 Å². The van der Waals surface area contributed by atoms with Gasteiger partial charge >= 0.3 is 5.97 Å². The Bertz CT molecular complexity index is 760. The second-order valence-corrected chi connectivity index (χ2v) is 6.03. The highest BCUT2D eigenvalue weighted by atomic mass is 35.5. The van der Waals surface area contributed by atoms with Crippen LogP contribution in [-0.2, 0) is 21.5 Å². The molecular weight excluding hydrogens is 343 g/mol. The summed E-state index contributed by atoms with van der Waals surface area (Å²) in [5, 5.41) is 16.2. The molecular formula is C15H14Cl2N2O4. The molecule has 1 heterocycles. The zero-order valence-corrected chi connectivity index (χ0v) is 13.9. The molecule has 6 nitrogen and oxygen atoms in total. The molecule has 8 heteroatoms. The van der Waals surface area contributed by atoms with E-state index >= 15 is 0 Å². The zero-order valence-electron chi connectivity index (χ0n) is 12.4. The number of nitrogens with one attached hydrogen (secondary N) is 1. The number of halogens is 2. The summed E-state index contributed by atoms with van der Waals surface area (Å²) in [5.74, 6) is -1.16. The number of rotatable bonds is 5. The third-order valence-corrected chi connectivity index (χ3v) is 4.07. The first-order chi connectivity index (χ1) is 10.7. The Balaban J connectivity index is 2.24. The quantitative estimate of drug-likeness (QED) is 0.858. The Morgan fingerprint density at radius 1 is 1.30 bits per heavy atom. The number of hydrogen-bond acceptors (Lipinski definition) is 4. The second kappa shape index (κ2) is 6.60. The highest BCUT2D eigenvalue weighted by Gasteiger charge is 2.37. The van der Waals surface area contributed by atoms with Gasteiger partial charge in [-0.05, 0) is 31.5 Å². The van der Waals surface area contributed by atoms with E-state index in [4.69, 9.17) is 27.7 Å². The standard InChI is InChI=1S/C15H14Cl2N2O4/c1-8-5-10(19-23-8)7-13(20)18-15(2,14(21)22)9-3-4-11(16)12(17)6-9/h3-6H,7H2,1-2H3,(H,18,20)(H,21,22). The molecule has 2 rings (SSSR count). The molecule has 122 valence electrons. The van der Waals surface area contributed by atoms with E-state index in [1.54, 1.807) is 13.0 Å². The van der Waals surface area contributed by atoms with Crippen molar-refractivity contribution < 1.29 is 19.2 Å². The molecule has 0 radical (unpaired) electrons. The van der Waals surface area contributed by atoms with Crippen molar-refractivity contribution in [1.82, 2.24) is 10.5 Å². The van der Waals surface area contributed by atoms with Crippen molar-refractivity contribution in [1.29, 1.82) is 0 Å². The van der Waals surface area contributed by atoms with Crippen molar-refractivity contribution in [2.45, 2.75) is 25.8 Å². The molecule has 1 aromatic heterocycles. The first-order valence-corrected chi connectivity index (χ1v) is 7.40. The Hall–Kier alpha value is -2.05. The summed E-state index contributed by atoms with van der Waals surface area (Å²) >= 11 is 11.8.